The van der Waals surface area contributed by atoms with Crippen molar-refractivity contribution in [2.24, 2.45) is 5.11 Å². The highest BCUT2D eigenvalue weighted by Gasteiger charge is 1.97. The maximum atomic E-state index is 8.06. The van der Waals surface area contributed by atoms with Gasteiger partial charge in [-0.3, -0.25) is 4.68 Å². The van der Waals surface area contributed by atoms with E-state index in [9.17, 15) is 0 Å². The van der Waals surface area contributed by atoms with Crippen LogP contribution in [0.3, 0.4) is 0 Å². The highest BCUT2D eigenvalue weighted by Crippen LogP contribution is 1.99. The van der Waals surface area contributed by atoms with Crippen LogP contribution in [0, 0.1) is 0 Å². The Morgan fingerprint density at radius 1 is 1.75 bits per heavy atom. The summed E-state index contributed by atoms with van der Waals surface area (Å²) >= 11 is 0. The molecule has 0 aliphatic rings. The standard InChI is InChI=1S/C7H11N5/c1-2-12-7(4-6-10-12)3-5-9-11-8/h4,6H,2-3,5H2,1H3. The lowest BCUT2D eigenvalue weighted by Gasteiger charge is -2.00. The van der Waals surface area contributed by atoms with Crippen LogP contribution in [-0.2, 0) is 13.0 Å². The summed E-state index contributed by atoms with van der Waals surface area (Å²) in [5, 5.41) is 7.56. The van der Waals surface area contributed by atoms with Gasteiger partial charge in [0.05, 0.1) is 0 Å². The predicted octanol–water partition coefficient (Wildman–Crippen LogP) is 1.76. The molecule has 0 amide bonds. The van der Waals surface area contributed by atoms with Gasteiger partial charge >= 0.3 is 0 Å². The molecule has 0 fully saturated rings. The quantitative estimate of drug-likeness (QED) is 0.380. The molecule has 12 heavy (non-hydrogen) atoms. The highest BCUT2D eigenvalue weighted by atomic mass is 15.3. The Hall–Kier alpha value is -1.48. The number of nitrogens with zero attached hydrogens (tertiary/aromatic N) is 5. The number of hydrogen-bond donors (Lipinski definition) is 0. The molecule has 0 unspecified atom stereocenters. The zero-order valence-corrected chi connectivity index (χ0v) is 7.01. The van der Waals surface area contributed by atoms with Crippen molar-refractivity contribution in [1.29, 1.82) is 0 Å². The van der Waals surface area contributed by atoms with E-state index in [1.807, 2.05) is 17.7 Å². The lowest BCUT2D eigenvalue weighted by atomic mass is 10.3. The minimum Gasteiger partial charge on any atom is -0.270 e. The Balaban J connectivity index is 2.55. The van der Waals surface area contributed by atoms with E-state index in [-0.39, 0.29) is 0 Å². The van der Waals surface area contributed by atoms with Gasteiger partial charge < -0.3 is 0 Å². The van der Waals surface area contributed by atoms with E-state index in [4.69, 9.17) is 5.53 Å². The number of hydrogen-bond acceptors (Lipinski definition) is 2. The van der Waals surface area contributed by atoms with E-state index in [2.05, 4.69) is 15.1 Å². The molecule has 0 radical (unpaired) electrons. The summed E-state index contributed by atoms with van der Waals surface area (Å²) in [6.07, 6.45) is 2.52. The third-order valence-electron chi connectivity index (χ3n) is 1.64. The molecular weight excluding hydrogens is 154 g/mol. The molecule has 0 aromatic carbocycles. The second kappa shape index (κ2) is 4.41. The van der Waals surface area contributed by atoms with Crippen molar-refractivity contribution in [1.82, 2.24) is 9.78 Å². The van der Waals surface area contributed by atoms with E-state index in [0.717, 1.165) is 18.7 Å². The Bertz CT molecular complexity index is 284. The molecule has 0 spiro atoms. The topological polar surface area (TPSA) is 66.6 Å². The second-order valence-electron chi connectivity index (χ2n) is 2.34. The van der Waals surface area contributed by atoms with Crippen molar-refractivity contribution in [2.45, 2.75) is 19.9 Å². The Labute approximate surface area is 70.6 Å². The fourth-order valence-electron chi connectivity index (χ4n) is 1.07. The molecule has 0 saturated carbocycles. The Morgan fingerprint density at radius 3 is 3.25 bits per heavy atom. The minimum atomic E-state index is 0.502. The van der Waals surface area contributed by atoms with Crippen LogP contribution in [0.2, 0.25) is 0 Å². The van der Waals surface area contributed by atoms with E-state index < -0.39 is 0 Å². The van der Waals surface area contributed by atoms with E-state index in [1.165, 1.54) is 0 Å². The van der Waals surface area contributed by atoms with Crippen LogP contribution in [0.25, 0.3) is 10.4 Å². The summed E-state index contributed by atoms with van der Waals surface area (Å²) < 4.78 is 1.90. The van der Waals surface area contributed by atoms with Crippen LogP contribution < -0.4 is 0 Å². The largest absolute Gasteiger partial charge is 0.270 e. The molecule has 0 aliphatic heterocycles. The monoisotopic (exact) mass is 165 g/mol. The fourth-order valence-corrected chi connectivity index (χ4v) is 1.07. The smallest absolute Gasteiger partial charge is 0.0492 e. The van der Waals surface area contributed by atoms with Crippen LogP contribution in [-0.4, -0.2) is 16.3 Å². The summed E-state index contributed by atoms with van der Waals surface area (Å²) in [7, 11) is 0. The molecule has 64 valence electrons. The molecule has 1 aromatic rings. The van der Waals surface area contributed by atoms with Gasteiger partial charge in [-0.15, -0.1) is 0 Å². The Morgan fingerprint density at radius 2 is 2.58 bits per heavy atom. The van der Waals surface area contributed by atoms with Crippen molar-refractivity contribution in [3.63, 3.8) is 0 Å². The lowest BCUT2D eigenvalue weighted by Crippen LogP contribution is -2.03. The van der Waals surface area contributed by atoms with E-state index in [1.54, 1.807) is 6.20 Å². The van der Waals surface area contributed by atoms with Crippen LogP contribution in [0.4, 0.5) is 0 Å². The number of aryl methyl sites for hydroxylation is 1. The van der Waals surface area contributed by atoms with Gasteiger partial charge in [-0.05, 0) is 24.9 Å². The predicted molar refractivity (Wildman–Crippen MR) is 45.6 cm³/mol. The minimum absolute atomic E-state index is 0.502. The normalized spacial score (nSPS) is 9.42. The van der Waals surface area contributed by atoms with Crippen molar-refractivity contribution < 1.29 is 0 Å². The zero-order chi connectivity index (χ0) is 8.81. The van der Waals surface area contributed by atoms with Crippen molar-refractivity contribution in [3.8, 4) is 0 Å². The van der Waals surface area contributed by atoms with Gasteiger partial charge in [-0.2, -0.15) is 5.10 Å². The number of aromatic nitrogens is 2. The van der Waals surface area contributed by atoms with Gasteiger partial charge in [0.25, 0.3) is 0 Å². The Kier molecular flexibility index (Phi) is 3.17. The summed E-state index contributed by atoms with van der Waals surface area (Å²) in [4.78, 5) is 2.69. The second-order valence-corrected chi connectivity index (χ2v) is 2.34. The van der Waals surface area contributed by atoms with Crippen molar-refractivity contribution in [2.75, 3.05) is 6.54 Å². The first-order chi connectivity index (χ1) is 5.88. The molecule has 1 heterocycles. The summed E-state index contributed by atoms with van der Waals surface area (Å²) in [5.74, 6) is 0. The van der Waals surface area contributed by atoms with Crippen molar-refractivity contribution in [3.05, 3.63) is 28.4 Å². The van der Waals surface area contributed by atoms with Gasteiger partial charge in [-0.1, -0.05) is 5.11 Å². The molecule has 1 rings (SSSR count). The molecule has 5 heteroatoms. The van der Waals surface area contributed by atoms with Crippen LogP contribution in [0.5, 0.6) is 0 Å². The van der Waals surface area contributed by atoms with Crippen LogP contribution in [0.15, 0.2) is 17.4 Å². The van der Waals surface area contributed by atoms with E-state index >= 15 is 0 Å². The third kappa shape index (κ3) is 2.00. The molecular formula is C7H11N5. The average molecular weight is 165 g/mol. The summed E-state index contributed by atoms with van der Waals surface area (Å²) in [6.45, 7) is 3.39. The fraction of sp³-hybridized carbons (Fsp3) is 0.571. The average Bonchev–Trinajstić information content (AvgIpc) is 2.52. The number of rotatable bonds is 4. The molecule has 0 bridgehead atoms. The highest BCUT2D eigenvalue weighted by molar-refractivity contribution is 5.00. The van der Waals surface area contributed by atoms with Gasteiger partial charge in [0.1, 0.15) is 0 Å². The maximum absolute atomic E-state index is 8.06. The SMILES string of the molecule is CCn1nccc1CCN=[N+]=[N-]. The third-order valence-corrected chi connectivity index (χ3v) is 1.64. The lowest BCUT2D eigenvalue weighted by molar-refractivity contribution is 0.620. The first-order valence-corrected chi connectivity index (χ1v) is 3.90. The van der Waals surface area contributed by atoms with Crippen molar-refractivity contribution >= 4 is 0 Å². The number of azide groups is 1. The van der Waals surface area contributed by atoms with Crippen LogP contribution in [0.1, 0.15) is 12.6 Å². The van der Waals surface area contributed by atoms with Crippen LogP contribution >= 0.6 is 0 Å². The molecule has 5 nitrogen and oxygen atoms in total. The van der Waals surface area contributed by atoms with Gasteiger partial charge in [0.2, 0.25) is 0 Å². The van der Waals surface area contributed by atoms with Gasteiger partial charge in [0, 0.05) is 29.9 Å². The molecule has 0 atom stereocenters. The summed E-state index contributed by atoms with van der Waals surface area (Å²) in [6, 6.07) is 1.94. The molecule has 0 saturated heterocycles. The first kappa shape index (κ1) is 8.62. The van der Waals surface area contributed by atoms with Gasteiger partial charge in [0.15, 0.2) is 0 Å². The van der Waals surface area contributed by atoms with E-state index in [0.29, 0.717) is 6.54 Å². The van der Waals surface area contributed by atoms with Gasteiger partial charge in [-0.25, -0.2) is 0 Å². The maximum Gasteiger partial charge on any atom is 0.0492 e. The molecule has 1 aromatic heterocycles. The first-order valence-electron chi connectivity index (χ1n) is 3.90. The zero-order valence-electron chi connectivity index (χ0n) is 7.01. The molecule has 0 N–H and O–H groups in total. The summed E-state index contributed by atoms with van der Waals surface area (Å²) in [5.41, 5.74) is 9.17. The molecule has 0 aliphatic carbocycles.